The van der Waals surface area contributed by atoms with Crippen LogP contribution in [0.2, 0.25) is 0 Å². The van der Waals surface area contributed by atoms with Gasteiger partial charge in [0, 0.05) is 12.6 Å². The number of likely N-dealkylation sites (tertiary alicyclic amines) is 1. The molecule has 1 atom stereocenters. The van der Waals surface area contributed by atoms with E-state index in [0.717, 1.165) is 36.5 Å². The number of aryl methyl sites for hydroxylation is 1. The molecule has 0 N–H and O–H groups in total. The van der Waals surface area contributed by atoms with Crippen molar-refractivity contribution in [3.63, 3.8) is 0 Å². The van der Waals surface area contributed by atoms with E-state index in [1.54, 1.807) is 14.2 Å². The Hall–Kier alpha value is -2.47. The summed E-state index contributed by atoms with van der Waals surface area (Å²) in [5, 5.41) is 0. The second-order valence-electron chi connectivity index (χ2n) is 7.87. The molecule has 1 aromatic heterocycles. The van der Waals surface area contributed by atoms with Crippen molar-refractivity contribution in [3.8, 4) is 11.5 Å². The molecule has 29 heavy (non-hydrogen) atoms. The van der Waals surface area contributed by atoms with Gasteiger partial charge in [-0.1, -0.05) is 6.07 Å². The number of hydrogen-bond acceptors (Lipinski definition) is 5. The van der Waals surface area contributed by atoms with Gasteiger partial charge in [-0.15, -0.1) is 0 Å². The van der Waals surface area contributed by atoms with E-state index < -0.39 is 0 Å². The number of carbonyl (C=O) groups excluding carboxylic acids is 1. The van der Waals surface area contributed by atoms with Crippen molar-refractivity contribution in [1.29, 1.82) is 0 Å². The summed E-state index contributed by atoms with van der Waals surface area (Å²) >= 11 is 0. The first-order chi connectivity index (χ1) is 13.9. The summed E-state index contributed by atoms with van der Waals surface area (Å²) < 4.78 is 16.5. The van der Waals surface area contributed by atoms with Crippen molar-refractivity contribution in [2.75, 3.05) is 27.3 Å². The molecule has 1 unspecified atom stereocenters. The molecule has 158 valence electrons. The third-order valence-corrected chi connectivity index (χ3v) is 5.59. The highest BCUT2D eigenvalue weighted by atomic mass is 16.5. The molecule has 2 heterocycles. The molecule has 0 bridgehead atoms. The molecule has 2 aromatic rings. The van der Waals surface area contributed by atoms with Gasteiger partial charge in [0.1, 0.15) is 11.5 Å². The molecular formula is C23H32N2O4. The lowest BCUT2D eigenvalue weighted by molar-refractivity contribution is -0.134. The topological polar surface area (TPSA) is 55.2 Å². The van der Waals surface area contributed by atoms with Gasteiger partial charge < -0.3 is 18.8 Å². The maximum atomic E-state index is 13.2. The van der Waals surface area contributed by atoms with Crippen molar-refractivity contribution >= 4 is 5.91 Å². The maximum absolute atomic E-state index is 13.2. The number of carbonyl (C=O) groups is 1. The van der Waals surface area contributed by atoms with E-state index in [1.165, 1.54) is 0 Å². The number of benzene rings is 1. The fraction of sp³-hybridized carbons (Fsp3) is 0.522. The van der Waals surface area contributed by atoms with Crippen molar-refractivity contribution < 1.29 is 18.7 Å². The zero-order valence-electron chi connectivity index (χ0n) is 18.1. The number of ether oxygens (including phenoxy) is 2. The minimum atomic E-state index is 0.0715. The molecule has 0 radical (unpaired) electrons. The molecule has 1 aromatic carbocycles. The van der Waals surface area contributed by atoms with E-state index in [0.29, 0.717) is 24.6 Å². The lowest BCUT2D eigenvalue weighted by Gasteiger charge is -2.30. The first kappa shape index (κ1) is 21.2. The lowest BCUT2D eigenvalue weighted by atomic mass is 10.0. The number of nitrogens with zero attached hydrogens (tertiary/aromatic N) is 2. The zero-order valence-corrected chi connectivity index (χ0v) is 18.1. The largest absolute Gasteiger partial charge is 0.493 e. The van der Waals surface area contributed by atoms with Crippen LogP contribution in [0, 0.1) is 6.92 Å². The standard InChI is InChI=1S/C23H32N2O4/c1-16(2)24(14-19-10-8-17(3)29-19)15-23(26)25-12-6-7-20(25)18-9-11-21(27-4)22(13-18)28-5/h8-11,13,16,20H,6-7,12,14-15H2,1-5H3. The number of methoxy groups -OCH3 is 2. The molecule has 1 aliphatic heterocycles. The van der Waals surface area contributed by atoms with E-state index in [1.807, 2.05) is 42.2 Å². The second-order valence-corrected chi connectivity index (χ2v) is 7.87. The Bertz CT molecular complexity index is 830. The number of hydrogen-bond donors (Lipinski definition) is 0. The van der Waals surface area contributed by atoms with Crippen molar-refractivity contribution in [2.24, 2.45) is 0 Å². The fourth-order valence-electron chi connectivity index (χ4n) is 3.93. The van der Waals surface area contributed by atoms with E-state index in [4.69, 9.17) is 13.9 Å². The predicted molar refractivity (Wildman–Crippen MR) is 112 cm³/mol. The van der Waals surface area contributed by atoms with Gasteiger partial charge in [-0.3, -0.25) is 9.69 Å². The summed E-state index contributed by atoms with van der Waals surface area (Å²) in [4.78, 5) is 17.4. The highest BCUT2D eigenvalue weighted by molar-refractivity contribution is 5.79. The van der Waals surface area contributed by atoms with Crippen LogP contribution >= 0.6 is 0 Å². The lowest BCUT2D eigenvalue weighted by Crippen LogP contribution is -2.42. The smallest absolute Gasteiger partial charge is 0.237 e. The molecule has 3 rings (SSSR count). The summed E-state index contributed by atoms with van der Waals surface area (Å²) in [6, 6.07) is 10.2. The van der Waals surface area contributed by atoms with Crippen molar-refractivity contribution in [3.05, 3.63) is 47.4 Å². The van der Waals surface area contributed by atoms with Crippen LogP contribution in [0.25, 0.3) is 0 Å². The molecule has 0 saturated carbocycles. The first-order valence-electron chi connectivity index (χ1n) is 10.2. The molecular weight excluding hydrogens is 368 g/mol. The summed E-state index contributed by atoms with van der Waals surface area (Å²) in [5.74, 6) is 3.33. The zero-order chi connectivity index (χ0) is 21.0. The summed E-state index contributed by atoms with van der Waals surface area (Å²) in [5.41, 5.74) is 1.09. The molecule has 0 spiro atoms. The Morgan fingerprint density at radius 2 is 1.97 bits per heavy atom. The summed E-state index contributed by atoms with van der Waals surface area (Å²) in [6.07, 6.45) is 1.96. The maximum Gasteiger partial charge on any atom is 0.237 e. The monoisotopic (exact) mass is 400 g/mol. The number of rotatable bonds is 8. The predicted octanol–water partition coefficient (Wildman–Crippen LogP) is 4.18. The van der Waals surface area contributed by atoms with E-state index in [-0.39, 0.29) is 18.0 Å². The van der Waals surface area contributed by atoms with Crippen LogP contribution in [-0.2, 0) is 11.3 Å². The molecule has 6 heteroatoms. The van der Waals surface area contributed by atoms with Gasteiger partial charge in [0.05, 0.1) is 33.4 Å². The third-order valence-electron chi connectivity index (χ3n) is 5.59. The summed E-state index contributed by atoms with van der Waals surface area (Å²) in [6.45, 7) is 7.95. The van der Waals surface area contributed by atoms with Crippen LogP contribution < -0.4 is 9.47 Å². The van der Waals surface area contributed by atoms with Crippen LogP contribution in [-0.4, -0.2) is 49.1 Å². The third kappa shape index (κ3) is 4.93. The Kier molecular flexibility index (Phi) is 6.85. The normalized spacial score (nSPS) is 16.7. The van der Waals surface area contributed by atoms with Crippen LogP contribution in [0.1, 0.15) is 49.8 Å². The molecule has 6 nitrogen and oxygen atoms in total. The van der Waals surface area contributed by atoms with Crippen LogP contribution in [0.5, 0.6) is 11.5 Å². The van der Waals surface area contributed by atoms with E-state index >= 15 is 0 Å². The van der Waals surface area contributed by atoms with Crippen molar-refractivity contribution in [1.82, 2.24) is 9.80 Å². The van der Waals surface area contributed by atoms with Crippen LogP contribution in [0.4, 0.5) is 0 Å². The molecule has 1 amide bonds. The van der Waals surface area contributed by atoms with Gasteiger partial charge in [0.25, 0.3) is 0 Å². The average Bonchev–Trinajstić information content (AvgIpc) is 3.35. The van der Waals surface area contributed by atoms with Gasteiger partial charge in [0.2, 0.25) is 5.91 Å². The minimum Gasteiger partial charge on any atom is -0.493 e. The molecule has 1 fully saturated rings. The van der Waals surface area contributed by atoms with Crippen LogP contribution in [0.15, 0.2) is 34.7 Å². The average molecular weight is 401 g/mol. The van der Waals surface area contributed by atoms with Gasteiger partial charge in [0.15, 0.2) is 11.5 Å². The molecule has 1 saturated heterocycles. The first-order valence-corrected chi connectivity index (χ1v) is 10.2. The second kappa shape index (κ2) is 9.35. The molecule has 0 aliphatic carbocycles. The highest BCUT2D eigenvalue weighted by Gasteiger charge is 2.31. The Balaban J connectivity index is 1.73. The van der Waals surface area contributed by atoms with Gasteiger partial charge in [-0.05, 0) is 63.4 Å². The van der Waals surface area contributed by atoms with E-state index in [9.17, 15) is 4.79 Å². The Labute approximate surface area is 173 Å². The van der Waals surface area contributed by atoms with Gasteiger partial charge in [-0.25, -0.2) is 0 Å². The van der Waals surface area contributed by atoms with Crippen molar-refractivity contribution in [2.45, 2.75) is 52.2 Å². The summed E-state index contributed by atoms with van der Waals surface area (Å²) in [7, 11) is 3.26. The van der Waals surface area contributed by atoms with Gasteiger partial charge in [-0.2, -0.15) is 0 Å². The minimum absolute atomic E-state index is 0.0715. The molecule has 1 aliphatic rings. The van der Waals surface area contributed by atoms with E-state index in [2.05, 4.69) is 18.7 Å². The highest BCUT2D eigenvalue weighted by Crippen LogP contribution is 2.37. The fourth-order valence-corrected chi connectivity index (χ4v) is 3.93. The Morgan fingerprint density at radius 3 is 2.59 bits per heavy atom. The van der Waals surface area contributed by atoms with Gasteiger partial charge >= 0.3 is 0 Å². The Morgan fingerprint density at radius 1 is 1.21 bits per heavy atom. The van der Waals surface area contributed by atoms with Crippen LogP contribution in [0.3, 0.4) is 0 Å². The number of furan rings is 1. The SMILES string of the molecule is COc1ccc(C2CCCN2C(=O)CN(Cc2ccc(C)o2)C(C)C)cc1OC. The number of amides is 1. The quantitative estimate of drug-likeness (QED) is 0.665.